The van der Waals surface area contributed by atoms with E-state index in [2.05, 4.69) is 17.2 Å². The second-order valence-corrected chi connectivity index (χ2v) is 4.70. The number of para-hydroxylation sites is 1. The van der Waals surface area contributed by atoms with E-state index in [4.69, 9.17) is 16.3 Å². The molecule has 0 unspecified atom stereocenters. The molecule has 2 aromatic carbocycles. The van der Waals surface area contributed by atoms with Crippen LogP contribution < -0.4 is 10.1 Å². The van der Waals surface area contributed by atoms with E-state index in [1.54, 1.807) is 36.4 Å². The van der Waals surface area contributed by atoms with Crippen molar-refractivity contribution >= 4 is 17.5 Å². The fourth-order valence-electron chi connectivity index (χ4n) is 1.62. The average molecular weight is 318 g/mol. The lowest BCUT2D eigenvalue weighted by molar-refractivity contribution is 0.0958. The van der Waals surface area contributed by atoms with Crippen molar-refractivity contribution in [3.8, 4) is 17.6 Å². The normalized spacial score (nSPS) is 9.55. The van der Waals surface area contributed by atoms with Gasteiger partial charge in [0.25, 0.3) is 5.91 Å². The Bertz CT molecular complexity index is 705. The van der Waals surface area contributed by atoms with E-state index in [-0.39, 0.29) is 24.8 Å². The first-order valence-electron chi connectivity index (χ1n) is 6.53. The Morgan fingerprint density at radius 2 is 1.86 bits per heavy atom. The molecule has 1 N–H and O–H groups in total. The number of hydrogen-bond donors (Lipinski definition) is 1. The Morgan fingerprint density at radius 1 is 1.14 bits per heavy atom. The number of halogens is 2. The molecule has 0 atom stereocenters. The van der Waals surface area contributed by atoms with Gasteiger partial charge in [0.15, 0.2) is 11.6 Å². The van der Waals surface area contributed by atoms with Gasteiger partial charge in [-0.2, -0.15) is 0 Å². The van der Waals surface area contributed by atoms with E-state index in [1.807, 2.05) is 0 Å². The second-order valence-electron chi connectivity index (χ2n) is 4.26. The zero-order valence-electron chi connectivity index (χ0n) is 11.6. The summed E-state index contributed by atoms with van der Waals surface area (Å²) in [5, 5.41) is 3.21. The summed E-state index contributed by atoms with van der Waals surface area (Å²) in [6, 6.07) is 12.7. The lowest BCUT2D eigenvalue weighted by atomic mass is 10.2. The van der Waals surface area contributed by atoms with Gasteiger partial charge in [-0.3, -0.25) is 4.79 Å². The molecule has 0 radical (unpaired) electrons. The minimum atomic E-state index is -0.430. The molecule has 2 aromatic rings. The number of carbonyl (C=O) groups is 1. The summed E-state index contributed by atoms with van der Waals surface area (Å²) in [7, 11) is 0. The SMILES string of the molecule is O=C(NCC#CCOc1ccccc1F)c1ccc(Cl)cc1. The number of benzene rings is 2. The largest absolute Gasteiger partial charge is 0.478 e. The molecule has 1 amide bonds. The highest BCUT2D eigenvalue weighted by molar-refractivity contribution is 6.30. The molecular weight excluding hydrogens is 305 g/mol. The molecule has 112 valence electrons. The molecule has 0 aliphatic carbocycles. The zero-order valence-corrected chi connectivity index (χ0v) is 12.4. The highest BCUT2D eigenvalue weighted by Gasteiger charge is 2.03. The summed E-state index contributed by atoms with van der Waals surface area (Å²) < 4.78 is 18.4. The Balaban J connectivity index is 1.74. The average Bonchev–Trinajstić information content (AvgIpc) is 2.53. The molecule has 0 aliphatic heterocycles. The maximum Gasteiger partial charge on any atom is 0.252 e. The third-order valence-corrected chi connectivity index (χ3v) is 2.96. The lowest BCUT2D eigenvalue weighted by Crippen LogP contribution is -2.23. The van der Waals surface area contributed by atoms with Gasteiger partial charge >= 0.3 is 0 Å². The van der Waals surface area contributed by atoms with Crippen LogP contribution in [0, 0.1) is 17.7 Å². The van der Waals surface area contributed by atoms with E-state index < -0.39 is 5.82 Å². The molecule has 0 heterocycles. The van der Waals surface area contributed by atoms with Crippen molar-refractivity contribution in [3.05, 3.63) is 64.9 Å². The van der Waals surface area contributed by atoms with Gasteiger partial charge in [0, 0.05) is 10.6 Å². The maximum atomic E-state index is 13.2. The van der Waals surface area contributed by atoms with Crippen LogP contribution in [0.1, 0.15) is 10.4 Å². The van der Waals surface area contributed by atoms with Gasteiger partial charge in [0.2, 0.25) is 0 Å². The summed E-state index contributed by atoms with van der Waals surface area (Å²) in [6.45, 7) is 0.236. The van der Waals surface area contributed by atoms with Gasteiger partial charge < -0.3 is 10.1 Å². The van der Waals surface area contributed by atoms with E-state index in [9.17, 15) is 9.18 Å². The fraction of sp³-hybridized carbons (Fsp3) is 0.118. The van der Waals surface area contributed by atoms with Crippen LogP contribution in [0.25, 0.3) is 0 Å². The topological polar surface area (TPSA) is 38.3 Å². The van der Waals surface area contributed by atoms with Crippen LogP contribution in [0.5, 0.6) is 5.75 Å². The molecule has 0 aliphatic rings. The van der Waals surface area contributed by atoms with E-state index in [0.717, 1.165) is 0 Å². The monoisotopic (exact) mass is 317 g/mol. The maximum absolute atomic E-state index is 13.2. The Kier molecular flexibility index (Phi) is 5.81. The van der Waals surface area contributed by atoms with Crippen LogP contribution >= 0.6 is 11.6 Å². The first kappa shape index (κ1) is 15.9. The number of ether oxygens (including phenoxy) is 1. The minimum Gasteiger partial charge on any atom is -0.478 e. The first-order chi connectivity index (χ1) is 10.7. The van der Waals surface area contributed by atoms with Crippen molar-refractivity contribution in [2.75, 3.05) is 13.2 Å². The van der Waals surface area contributed by atoms with Crippen molar-refractivity contribution < 1.29 is 13.9 Å². The highest BCUT2D eigenvalue weighted by Crippen LogP contribution is 2.14. The molecule has 0 aromatic heterocycles. The molecule has 0 saturated carbocycles. The standard InChI is InChI=1S/C17H13ClFNO2/c18-14-9-7-13(8-10-14)17(21)20-11-3-4-12-22-16-6-2-1-5-15(16)19/h1-2,5-10H,11-12H2,(H,20,21). The second kappa shape index (κ2) is 8.06. The third-order valence-electron chi connectivity index (χ3n) is 2.71. The van der Waals surface area contributed by atoms with Crippen LogP contribution in [0.2, 0.25) is 5.02 Å². The van der Waals surface area contributed by atoms with Gasteiger partial charge in [-0.15, -0.1) is 0 Å². The van der Waals surface area contributed by atoms with Gasteiger partial charge in [-0.25, -0.2) is 4.39 Å². The number of nitrogens with one attached hydrogen (secondary N) is 1. The summed E-state index contributed by atoms with van der Waals surface area (Å²) in [5.41, 5.74) is 0.508. The molecule has 5 heteroatoms. The number of hydrogen-bond acceptors (Lipinski definition) is 2. The molecular formula is C17H13ClFNO2. The molecule has 0 spiro atoms. The van der Waals surface area contributed by atoms with Crippen molar-refractivity contribution in [2.24, 2.45) is 0 Å². The molecule has 22 heavy (non-hydrogen) atoms. The first-order valence-corrected chi connectivity index (χ1v) is 6.91. The quantitative estimate of drug-likeness (QED) is 0.879. The summed E-state index contributed by atoms with van der Waals surface area (Å²) in [6.07, 6.45) is 0. The van der Waals surface area contributed by atoms with Crippen molar-refractivity contribution in [1.29, 1.82) is 0 Å². The predicted molar refractivity (Wildman–Crippen MR) is 83.5 cm³/mol. The van der Waals surface area contributed by atoms with Gasteiger partial charge in [-0.05, 0) is 36.4 Å². The summed E-state index contributed by atoms with van der Waals surface area (Å²) in [5.74, 6) is 4.92. The molecule has 0 fully saturated rings. The van der Waals surface area contributed by atoms with Gasteiger partial charge in [0.1, 0.15) is 6.61 Å². The summed E-state index contributed by atoms with van der Waals surface area (Å²) in [4.78, 5) is 11.8. The number of amides is 1. The van der Waals surface area contributed by atoms with Gasteiger partial charge in [0.05, 0.1) is 6.54 Å². The number of rotatable bonds is 4. The molecule has 0 saturated heterocycles. The van der Waals surface area contributed by atoms with Crippen LogP contribution in [-0.4, -0.2) is 19.1 Å². The van der Waals surface area contributed by atoms with E-state index >= 15 is 0 Å². The number of carbonyl (C=O) groups excluding carboxylic acids is 1. The Morgan fingerprint density at radius 3 is 2.59 bits per heavy atom. The van der Waals surface area contributed by atoms with Crippen molar-refractivity contribution in [3.63, 3.8) is 0 Å². The lowest BCUT2D eigenvalue weighted by Gasteiger charge is -2.02. The van der Waals surface area contributed by atoms with Crippen LogP contribution in [0.15, 0.2) is 48.5 Å². The van der Waals surface area contributed by atoms with Crippen LogP contribution in [0.3, 0.4) is 0 Å². The highest BCUT2D eigenvalue weighted by atomic mass is 35.5. The van der Waals surface area contributed by atoms with Crippen molar-refractivity contribution in [1.82, 2.24) is 5.32 Å². The fourth-order valence-corrected chi connectivity index (χ4v) is 1.74. The zero-order chi connectivity index (χ0) is 15.8. The van der Waals surface area contributed by atoms with Crippen LogP contribution in [-0.2, 0) is 0 Å². The molecule has 0 bridgehead atoms. The summed E-state index contributed by atoms with van der Waals surface area (Å²) >= 11 is 5.74. The Labute approximate surface area is 133 Å². The Hall–Kier alpha value is -2.51. The molecule has 3 nitrogen and oxygen atoms in total. The van der Waals surface area contributed by atoms with Gasteiger partial charge in [-0.1, -0.05) is 35.6 Å². The van der Waals surface area contributed by atoms with Crippen molar-refractivity contribution in [2.45, 2.75) is 0 Å². The third kappa shape index (κ3) is 4.80. The smallest absolute Gasteiger partial charge is 0.252 e. The van der Waals surface area contributed by atoms with E-state index in [0.29, 0.717) is 10.6 Å². The molecule has 2 rings (SSSR count). The predicted octanol–water partition coefficient (Wildman–Crippen LogP) is 3.29. The van der Waals surface area contributed by atoms with E-state index in [1.165, 1.54) is 12.1 Å². The minimum absolute atomic E-state index is 0.0533. The van der Waals surface area contributed by atoms with Crippen LogP contribution in [0.4, 0.5) is 4.39 Å².